The number of carbonyl (C=O) groups excluding carboxylic acids is 1. The van der Waals surface area contributed by atoms with E-state index in [0.29, 0.717) is 0 Å². The molecule has 1 fully saturated rings. The summed E-state index contributed by atoms with van der Waals surface area (Å²) in [6.45, 7) is 3.72. The molecule has 0 aliphatic heterocycles. The van der Waals surface area contributed by atoms with Crippen LogP contribution in [0.1, 0.15) is 26.7 Å². The molecule has 1 saturated carbocycles. The highest BCUT2D eigenvalue weighted by Gasteiger charge is 2.33. The summed E-state index contributed by atoms with van der Waals surface area (Å²) in [6, 6.07) is 0. The van der Waals surface area contributed by atoms with Gasteiger partial charge in [0.15, 0.2) is 5.78 Å². The molecular formula is C9H14O2. The molecule has 62 valence electrons. The molecule has 0 amide bonds. The fourth-order valence-electron chi connectivity index (χ4n) is 1.01. The van der Waals surface area contributed by atoms with Gasteiger partial charge >= 0.3 is 0 Å². The van der Waals surface area contributed by atoms with Gasteiger partial charge in [0.05, 0.1) is 0 Å². The molecule has 0 aromatic carbocycles. The van der Waals surface area contributed by atoms with Gasteiger partial charge in [0.2, 0.25) is 0 Å². The summed E-state index contributed by atoms with van der Waals surface area (Å²) in [7, 11) is 0. The minimum atomic E-state index is -0.732. The highest BCUT2D eigenvalue weighted by atomic mass is 16.3. The van der Waals surface area contributed by atoms with Gasteiger partial charge in [-0.1, -0.05) is 5.57 Å². The zero-order valence-corrected chi connectivity index (χ0v) is 7.00. The normalized spacial score (nSPS) is 19.2. The van der Waals surface area contributed by atoms with Crippen molar-refractivity contribution in [2.75, 3.05) is 0 Å². The van der Waals surface area contributed by atoms with Crippen molar-refractivity contribution in [3.05, 3.63) is 11.6 Å². The summed E-state index contributed by atoms with van der Waals surface area (Å²) in [5.74, 6) is 0.116. The molecule has 11 heavy (non-hydrogen) atoms. The molecule has 0 spiro atoms. The second kappa shape index (κ2) is 3.18. The quantitative estimate of drug-likeness (QED) is 0.622. The summed E-state index contributed by atoms with van der Waals surface area (Å²) in [5.41, 5.74) is 0.953. The van der Waals surface area contributed by atoms with Gasteiger partial charge in [0.1, 0.15) is 6.10 Å². The predicted molar refractivity (Wildman–Crippen MR) is 43.2 cm³/mol. The van der Waals surface area contributed by atoms with Crippen molar-refractivity contribution in [2.24, 2.45) is 5.92 Å². The molecule has 1 unspecified atom stereocenters. The van der Waals surface area contributed by atoms with E-state index in [4.69, 9.17) is 0 Å². The van der Waals surface area contributed by atoms with Crippen LogP contribution in [-0.4, -0.2) is 17.0 Å². The second-order valence-corrected chi connectivity index (χ2v) is 3.41. The topological polar surface area (TPSA) is 37.3 Å². The summed E-state index contributed by atoms with van der Waals surface area (Å²) < 4.78 is 0. The third-order valence-electron chi connectivity index (χ3n) is 1.79. The van der Waals surface area contributed by atoms with Gasteiger partial charge in [-0.25, -0.2) is 0 Å². The lowest BCUT2D eigenvalue weighted by Gasteiger charge is -2.03. The lowest BCUT2D eigenvalue weighted by molar-refractivity contribution is -0.123. The Labute approximate surface area is 66.9 Å². The van der Waals surface area contributed by atoms with E-state index in [-0.39, 0.29) is 11.7 Å². The largest absolute Gasteiger partial charge is 0.385 e. The maximum atomic E-state index is 11.1. The average Bonchev–Trinajstić information content (AvgIpc) is 2.65. The highest BCUT2D eigenvalue weighted by molar-refractivity contribution is 5.94. The number of rotatable bonds is 3. The Bertz CT molecular complexity index is 186. The van der Waals surface area contributed by atoms with Crippen LogP contribution in [0.3, 0.4) is 0 Å². The second-order valence-electron chi connectivity index (χ2n) is 3.41. The Morgan fingerprint density at radius 1 is 1.55 bits per heavy atom. The van der Waals surface area contributed by atoms with Crippen molar-refractivity contribution in [1.29, 1.82) is 0 Å². The van der Waals surface area contributed by atoms with Crippen molar-refractivity contribution < 1.29 is 9.90 Å². The fourth-order valence-corrected chi connectivity index (χ4v) is 1.01. The maximum absolute atomic E-state index is 11.1. The van der Waals surface area contributed by atoms with Gasteiger partial charge in [-0.05, 0) is 38.7 Å². The third-order valence-corrected chi connectivity index (χ3v) is 1.79. The minimum Gasteiger partial charge on any atom is -0.385 e. The smallest absolute Gasteiger partial charge is 0.184 e. The maximum Gasteiger partial charge on any atom is 0.184 e. The molecule has 1 rings (SSSR count). The first kappa shape index (κ1) is 8.47. The van der Waals surface area contributed by atoms with Gasteiger partial charge in [0, 0.05) is 0 Å². The standard InChI is InChI=1S/C9H14O2/c1-6(2)5-8(10)9(11)7-3-4-7/h5,7,9,11H,3-4H2,1-2H3. The molecule has 0 saturated heterocycles. The molecular weight excluding hydrogens is 140 g/mol. The van der Waals surface area contributed by atoms with E-state index in [0.717, 1.165) is 18.4 Å². The monoisotopic (exact) mass is 154 g/mol. The Hall–Kier alpha value is -0.630. The molecule has 0 aromatic rings. The molecule has 1 N–H and O–H groups in total. The van der Waals surface area contributed by atoms with Gasteiger partial charge in [-0.15, -0.1) is 0 Å². The van der Waals surface area contributed by atoms with E-state index < -0.39 is 6.10 Å². The Morgan fingerprint density at radius 3 is 2.45 bits per heavy atom. The van der Waals surface area contributed by atoms with Crippen LogP contribution in [0.4, 0.5) is 0 Å². The minimum absolute atomic E-state index is 0.132. The van der Waals surface area contributed by atoms with E-state index in [1.807, 2.05) is 13.8 Å². The SMILES string of the molecule is CC(C)=CC(=O)C(O)C1CC1. The molecule has 0 bridgehead atoms. The van der Waals surface area contributed by atoms with Crippen LogP contribution in [0.25, 0.3) is 0 Å². The number of carbonyl (C=O) groups is 1. The fraction of sp³-hybridized carbons (Fsp3) is 0.667. The number of hydrogen-bond acceptors (Lipinski definition) is 2. The summed E-state index contributed by atoms with van der Waals surface area (Å²) in [6.07, 6.45) is 2.79. The molecule has 0 aromatic heterocycles. The summed E-state index contributed by atoms with van der Waals surface area (Å²) in [4.78, 5) is 11.1. The van der Waals surface area contributed by atoms with E-state index in [1.54, 1.807) is 0 Å². The van der Waals surface area contributed by atoms with Crippen LogP contribution in [0.5, 0.6) is 0 Å². The number of allylic oxidation sites excluding steroid dienone is 1. The first-order valence-electron chi connectivity index (χ1n) is 3.98. The van der Waals surface area contributed by atoms with Crippen LogP contribution < -0.4 is 0 Å². The van der Waals surface area contributed by atoms with E-state index in [1.165, 1.54) is 6.08 Å². The number of aliphatic hydroxyl groups is 1. The third kappa shape index (κ3) is 2.46. The number of ketones is 1. The van der Waals surface area contributed by atoms with Crippen molar-refractivity contribution in [1.82, 2.24) is 0 Å². The van der Waals surface area contributed by atoms with Crippen LogP contribution in [0.2, 0.25) is 0 Å². The Morgan fingerprint density at radius 2 is 2.09 bits per heavy atom. The molecule has 0 radical (unpaired) electrons. The molecule has 1 aliphatic carbocycles. The molecule has 2 nitrogen and oxygen atoms in total. The number of aliphatic hydroxyl groups excluding tert-OH is 1. The van der Waals surface area contributed by atoms with Crippen LogP contribution in [0.15, 0.2) is 11.6 Å². The van der Waals surface area contributed by atoms with Crippen molar-refractivity contribution in [3.63, 3.8) is 0 Å². The molecule has 0 heterocycles. The van der Waals surface area contributed by atoms with Gasteiger partial charge < -0.3 is 5.11 Å². The van der Waals surface area contributed by atoms with Crippen molar-refractivity contribution >= 4 is 5.78 Å². The Kier molecular flexibility index (Phi) is 2.45. The lowest BCUT2D eigenvalue weighted by Crippen LogP contribution is -2.20. The van der Waals surface area contributed by atoms with E-state index >= 15 is 0 Å². The van der Waals surface area contributed by atoms with Gasteiger partial charge in [0.25, 0.3) is 0 Å². The van der Waals surface area contributed by atoms with Crippen LogP contribution in [-0.2, 0) is 4.79 Å². The van der Waals surface area contributed by atoms with E-state index in [9.17, 15) is 9.90 Å². The zero-order chi connectivity index (χ0) is 8.43. The molecule has 1 atom stereocenters. The first-order valence-corrected chi connectivity index (χ1v) is 3.98. The Balaban J connectivity index is 2.46. The van der Waals surface area contributed by atoms with Crippen molar-refractivity contribution in [2.45, 2.75) is 32.8 Å². The molecule has 2 heteroatoms. The summed E-state index contributed by atoms with van der Waals surface area (Å²) >= 11 is 0. The lowest BCUT2D eigenvalue weighted by atomic mass is 10.1. The van der Waals surface area contributed by atoms with E-state index in [2.05, 4.69) is 0 Å². The van der Waals surface area contributed by atoms with Crippen molar-refractivity contribution in [3.8, 4) is 0 Å². The average molecular weight is 154 g/mol. The number of hydrogen-bond donors (Lipinski definition) is 1. The molecule has 1 aliphatic rings. The highest BCUT2D eigenvalue weighted by Crippen LogP contribution is 2.33. The van der Waals surface area contributed by atoms with Gasteiger partial charge in [-0.2, -0.15) is 0 Å². The van der Waals surface area contributed by atoms with Crippen LogP contribution >= 0.6 is 0 Å². The van der Waals surface area contributed by atoms with Gasteiger partial charge in [-0.3, -0.25) is 4.79 Å². The summed E-state index contributed by atoms with van der Waals surface area (Å²) in [5, 5.41) is 9.31. The van der Waals surface area contributed by atoms with Crippen LogP contribution in [0, 0.1) is 5.92 Å². The zero-order valence-electron chi connectivity index (χ0n) is 7.00. The first-order chi connectivity index (χ1) is 5.11. The predicted octanol–water partition coefficient (Wildman–Crippen LogP) is 1.29.